The van der Waals surface area contributed by atoms with Crippen LogP contribution in [-0.2, 0) is 16.4 Å². The average molecular weight is 372 g/mol. The first-order valence-corrected chi connectivity index (χ1v) is 10.8. The molecule has 1 aliphatic rings. The van der Waals surface area contributed by atoms with Gasteiger partial charge in [0.05, 0.1) is 5.75 Å². The number of rotatable bonds is 7. The van der Waals surface area contributed by atoms with Crippen LogP contribution in [0.3, 0.4) is 0 Å². The quantitative estimate of drug-likeness (QED) is 0.700. The van der Waals surface area contributed by atoms with Crippen LogP contribution in [-0.4, -0.2) is 37.3 Å². The summed E-state index contributed by atoms with van der Waals surface area (Å²) in [5, 5.41) is 0. The largest absolute Gasteiger partial charge is 0.294 e. The molecule has 0 spiro atoms. The number of piperidine rings is 1. The van der Waals surface area contributed by atoms with Gasteiger partial charge in [-0.25, -0.2) is 12.7 Å². The van der Waals surface area contributed by atoms with Crippen LogP contribution in [0, 0.1) is 5.92 Å². The molecular formula is C21H25NO3S. The molecule has 3 rings (SSSR count). The van der Waals surface area contributed by atoms with Gasteiger partial charge in [0.2, 0.25) is 10.0 Å². The van der Waals surface area contributed by atoms with Crippen molar-refractivity contribution >= 4 is 15.8 Å². The van der Waals surface area contributed by atoms with E-state index in [4.69, 9.17) is 0 Å². The molecule has 0 unspecified atom stereocenters. The van der Waals surface area contributed by atoms with Crippen molar-refractivity contribution in [3.8, 4) is 0 Å². The molecule has 1 fully saturated rings. The molecule has 5 heteroatoms. The molecule has 1 saturated heterocycles. The first kappa shape index (κ1) is 18.8. The van der Waals surface area contributed by atoms with Gasteiger partial charge in [-0.05, 0) is 31.2 Å². The normalized spacial score (nSPS) is 16.5. The molecule has 1 aliphatic heterocycles. The van der Waals surface area contributed by atoms with E-state index < -0.39 is 10.0 Å². The van der Waals surface area contributed by atoms with E-state index in [1.165, 1.54) is 0 Å². The number of carbonyl (C=O) groups is 1. The topological polar surface area (TPSA) is 54.5 Å². The first-order valence-electron chi connectivity index (χ1n) is 9.17. The van der Waals surface area contributed by atoms with Gasteiger partial charge in [-0.2, -0.15) is 0 Å². The van der Waals surface area contributed by atoms with Gasteiger partial charge in [-0.15, -0.1) is 0 Å². The summed E-state index contributed by atoms with van der Waals surface area (Å²) in [5.74, 6) is 0.221. The Labute approximate surface area is 155 Å². The zero-order valence-corrected chi connectivity index (χ0v) is 15.7. The van der Waals surface area contributed by atoms with Crippen LogP contribution in [0.25, 0.3) is 0 Å². The monoisotopic (exact) mass is 371 g/mol. The Balaban J connectivity index is 1.49. The van der Waals surface area contributed by atoms with Gasteiger partial charge in [0.1, 0.15) is 0 Å². The molecule has 138 valence electrons. The molecule has 0 amide bonds. The Morgan fingerprint density at radius 1 is 0.923 bits per heavy atom. The molecule has 26 heavy (non-hydrogen) atoms. The molecule has 0 N–H and O–H groups in total. The van der Waals surface area contributed by atoms with Crippen LogP contribution in [0.4, 0.5) is 0 Å². The summed E-state index contributed by atoms with van der Waals surface area (Å²) in [4.78, 5) is 12.5. The summed E-state index contributed by atoms with van der Waals surface area (Å²) in [6.45, 7) is 0.883. The second kappa shape index (κ2) is 8.60. The zero-order valence-electron chi connectivity index (χ0n) is 14.9. The lowest BCUT2D eigenvalue weighted by Gasteiger charge is -2.30. The molecule has 2 aromatic carbocycles. The number of carbonyl (C=O) groups excluding carboxylic acids is 1. The summed E-state index contributed by atoms with van der Waals surface area (Å²) in [7, 11) is -3.25. The lowest BCUT2D eigenvalue weighted by molar-refractivity contribution is 0.0875. The molecule has 0 bridgehead atoms. The van der Waals surface area contributed by atoms with Crippen molar-refractivity contribution in [1.29, 1.82) is 0 Å². The third-order valence-corrected chi connectivity index (χ3v) is 6.94. The van der Waals surface area contributed by atoms with Gasteiger partial charge in [0.15, 0.2) is 5.78 Å². The number of benzene rings is 2. The maximum absolute atomic E-state index is 12.6. The number of nitrogens with zero attached hydrogens (tertiary/aromatic N) is 1. The molecule has 0 aliphatic carbocycles. The smallest absolute Gasteiger partial charge is 0.214 e. The third-order valence-electron chi connectivity index (χ3n) is 4.99. The van der Waals surface area contributed by atoms with E-state index in [1.807, 2.05) is 60.7 Å². The van der Waals surface area contributed by atoms with Gasteiger partial charge in [0.25, 0.3) is 0 Å². The number of hydrogen-bond acceptors (Lipinski definition) is 3. The summed E-state index contributed by atoms with van der Waals surface area (Å²) in [5.41, 5.74) is 1.88. The highest BCUT2D eigenvalue weighted by molar-refractivity contribution is 7.89. The lowest BCUT2D eigenvalue weighted by atomic mass is 9.90. The van der Waals surface area contributed by atoms with E-state index >= 15 is 0 Å². The molecule has 0 saturated carbocycles. The fraction of sp³-hybridized carbons (Fsp3) is 0.381. The minimum atomic E-state index is -3.25. The van der Waals surface area contributed by atoms with Crippen molar-refractivity contribution in [2.75, 3.05) is 18.8 Å². The van der Waals surface area contributed by atoms with E-state index in [-0.39, 0.29) is 17.5 Å². The Bertz CT molecular complexity index is 811. The Morgan fingerprint density at radius 2 is 1.50 bits per heavy atom. The van der Waals surface area contributed by atoms with Crippen molar-refractivity contribution in [3.05, 3.63) is 71.8 Å². The fourth-order valence-corrected chi connectivity index (χ4v) is 5.00. The standard InChI is InChI=1S/C21H25NO3S/c23-21(19-11-5-2-6-12-19)20-13-15-22(16-14-20)26(24,25)17-7-10-18-8-3-1-4-9-18/h1-6,8-9,11-12,20H,7,10,13-17H2. The highest BCUT2D eigenvalue weighted by atomic mass is 32.2. The Hall–Kier alpha value is -1.98. The van der Waals surface area contributed by atoms with Crippen LogP contribution < -0.4 is 0 Å². The molecule has 0 atom stereocenters. The number of Topliss-reactive ketones (excluding diaryl/α,β-unsaturated/α-hetero) is 1. The van der Waals surface area contributed by atoms with E-state index in [0.29, 0.717) is 32.4 Å². The molecule has 0 aromatic heterocycles. The maximum Gasteiger partial charge on any atom is 0.214 e. The predicted octanol–water partition coefficient (Wildman–Crippen LogP) is 3.54. The average Bonchev–Trinajstić information content (AvgIpc) is 2.69. The zero-order chi connectivity index (χ0) is 18.4. The lowest BCUT2D eigenvalue weighted by Crippen LogP contribution is -2.41. The first-order chi connectivity index (χ1) is 12.6. The van der Waals surface area contributed by atoms with Gasteiger partial charge < -0.3 is 0 Å². The Kier molecular flexibility index (Phi) is 6.22. The summed E-state index contributed by atoms with van der Waals surface area (Å²) in [6.07, 6.45) is 2.59. The highest BCUT2D eigenvalue weighted by Gasteiger charge is 2.31. The Morgan fingerprint density at radius 3 is 2.12 bits per heavy atom. The van der Waals surface area contributed by atoms with Crippen LogP contribution in [0.2, 0.25) is 0 Å². The molecular weight excluding hydrogens is 346 g/mol. The van der Waals surface area contributed by atoms with Gasteiger partial charge in [0, 0.05) is 24.6 Å². The summed E-state index contributed by atoms with van der Waals surface area (Å²) >= 11 is 0. The molecule has 4 nitrogen and oxygen atoms in total. The van der Waals surface area contributed by atoms with Crippen molar-refractivity contribution in [1.82, 2.24) is 4.31 Å². The van der Waals surface area contributed by atoms with Crippen molar-refractivity contribution in [2.24, 2.45) is 5.92 Å². The van der Waals surface area contributed by atoms with Gasteiger partial charge in [-0.1, -0.05) is 60.7 Å². The number of ketones is 1. The van der Waals surface area contributed by atoms with Crippen LogP contribution in [0.1, 0.15) is 35.2 Å². The molecule has 2 aromatic rings. The number of sulfonamides is 1. The van der Waals surface area contributed by atoms with E-state index in [1.54, 1.807) is 4.31 Å². The maximum atomic E-state index is 12.6. The SMILES string of the molecule is O=C(c1ccccc1)C1CCN(S(=O)(=O)CCCc2ccccc2)CC1. The number of aryl methyl sites for hydroxylation is 1. The number of hydrogen-bond donors (Lipinski definition) is 0. The van der Waals surface area contributed by atoms with Crippen molar-refractivity contribution < 1.29 is 13.2 Å². The van der Waals surface area contributed by atoms with Gasteiger partial charge >= 0.3 is 0 Å². The van der Waals surface area contributed by atoms with Gasteiger partial charge in [-0.3, -0.25) is 4.79 Å². The van der Waals surface area contributed by atoms with Crippen LogP contribution in [0.5, 0.6) is 0 Å². The van der Waals surface area contributed by atoms with E-state index in [2.05, 4.69) is 0 Å². The molecule has 1 heterocycles. The second-order valence-corrected chi connectivity index (χ2v) is 8.90. The van der Waals surface area contributed by atoms with Crippen molar-refractivity contribution in [2.45, 2.75) is 25.7 Å². The highest BCUT2D eigenvalue weighted by Crippen LogP contribution is 2.24. The second-order valence-electron chi connectivity index (χ2n) is 6.81. The fourth-order valence-electron chi connectivity index (χ4n) is 3.47. The minimum Gasteiger partial charge on any atom is -0.294 e. The van der Waals surface area contributed by atoms with E-state index in [9.17, 15) is 13.2 Å². The molecule has 0 radical (unpaired) electrons. The van der Waals surface area contributed by atoms with Crippen molar-refractivity contribution in [3.63, 3.8) is 0 Å². The van der Waals surface area contributed by atoms with E-state index in [0.717, 1.165) is 17.5 Å². The third kappa shape index (κ3) is 4.80. The predicted molar refractivity (Wildman–Crippen MR) is 104 cm³/mol. The summed E-state index contributed by atoms with van der Waals surface area (Å²) < 4.78 is 26.7. The summed E-state index contributed by atoms with van der Waals surface area (Å²) in [6, 6.07) is 19.2. The van der Waals surface area contributed by atoms with Crippen LogP contribution >= 0.6 is 0 Å². The minimum absolute atomic E-state index is 0.0758. The van der Waals surface area contributed by atoms with Crippen LogP contribution in [0.15, 0.2) is 60.7 Å².